The summed E-state index contributed by atoms with van der Waals surface area (Å²) in [6.07, 6.45) is 7.18. The van der Waals surface area contributed by atoms with Gasteiger partial charge in [0.2, 0.25) is 17.8 Å². The Hall–Kier alpha value is -7.80. The monoisotopic (exact) mass is 1420 g/mol. The van der Waals surface area contributed by atoms with Crippen LogP contribution in [0.1, 0.15) is 33.4 Å². The molecule has 6 aromatic carbocycles. The SMILES string of the molecule is CNCCc1cc(OC)c(Nc2ncc(Cl)c(Nc3ccccc3P(C)(C)=O)n2)cc1C.COc1cc(CCN(C)C)c(C)cc1Nc1ncc(Cl)c(Nc2ccccc2P(C)(C)=O)n1.COc1cc(CCN)c(C)cc1Nc1ncc(Cl)c(Nc2ccccc2P(C)(C)=O)n1. The van der Waals surface area contributed by atoms with Crippen molar-refractivity contribution in [2.24, 2.45) is 5.73 Å². The summed E-state index contributed by atoms with van der Waals surface area (Å²) < 4.78 is 54.8. The van der Waals surface area contributed by atoms with E-state index in [1.807, 2.05) is 123 Å². The van der Waals surface area contributed by atoms with Gasteiger partial charge in [-0.1, -0.05) is 71.2 Å². The number of aryl methyl sites for hydroxylation is 3. The van der Waals surface area contributed by atoms with Crippen LogP contribution in [0.2, 0.25) is 15.1 Å². The number of likely N-dealkylation sites (N-methyl/N-ethyl adjacent to an activating group) is 2. The predicted octanol–water partition coefficient (Wildman–Crippen LogP) is 14.9. The molecule has 0 saturated carbocycles. The number of para-hydroxylation sites is 3. The van der Waals surface area contributed by atoms with E-state index in [2.05, 4.69) is 100.0 Å². The standard InChI is InChI=1S/C24H31ClN5O2P.C23H29ClN5O2P.C22H27ClN5O2P/c1-16-13-20(21(32-4)14-17(16)11-12-30(2)3)28-24-26-15-18(25)23(29-24)27-19-9-7-8-10-22(19)33(5,6)31;1-15-12-19(20(31-3)13-16(15)10-11-25-2)28-23-26-14-17(24)22(29-23)27-18-8-6-7-9-21(18)32(4,5)30;1-14-11-18(19(30-2)12-15(14)9-10-24)27-22-25-13-16(23)21(28-22)26-17-7-5-6-8-20(17)31(3,4)29/h7-10,13-15H,11-12H2,1-6H3,(H2,26,27,28,29);6-9,12-14,25H,10-11H2,1-5H3,(H2,26,27,28,29);5-8,11-13H,9-10,24H2,1-4H3,(H2,25,26,27,28). The van der Waals surface area contributed by atoms with Gasteiger partial charge in [-0.3, -0.25) is 0 Å². The molecule has 3 heterocycles. The van der Waals surface area contributed by atoms with E-state index in [-0.39, 0.29) is 0 Å². The van der Waals surface area contributed by atoms with Gasteiger partial charge in [-0.25, -0.2) is 15.0 Å². The summed E-state index contributed by atoms with van der Waals surface area (Å²) in [5, 5.41) is 25.7. The van der Waals surface area contributed by atoms with Gasteiger partial charge >= 0.3 is 0 Å². The van der Waals surface area contributed by atoms with Crippen LogP contribution in [-0.4, -0.2) is 137 Å². The third-order valence-electron chi connectivity index (χ3n) is 15.0. The smallest absolute Gasteiger partial charge is 0.229 e. The largest absolute Gasteiger partial charge is 0.495 e. The van der Waals surface area contributed by atoms with E-state index in [1.54, 1.807) is 61.3 Å². The van der Waals surface area contributed by atoms with Crippen molar-refractivity contribution in [3.8, 4) is 17.2 Å². The zero-order chi connectivity index (χ0) is 70.1. The summed E-state index contributed by atoms with van der Waals surface area (Å²) in [5.41, 5.74) is 17.0. The van der Waals surface area contributed by atoms with Crippen molar-refractivity contribution in [2.75, 3.05) is 134 Å². The summed E-state index contributed by atoms with van der Waals surface area (Å²) in [4.78, 5) is 28.7. The molecule has 0 aliphatic carbocycles. The lowest BCUT2D eigenvalue weighted by atomic mass is 10.0. The first-order valence-corrected chi connectivity index (χ1v) is 39.6. The van der Waals surface area contributed by atoms with Gasteiger partial charge in [-0.15, -0.1) is 0 Å². The van der Waals surface area contributed by atoms with Gasteiger partial charge in [-0.05, 0) is 220 Å². The molecule has 0 spiro atoms. The molecular weight excluding hydrogens is 1330 g/mol. The summed E-state index contributed by atoms with van der Waals surface area (Å²) >= 11 is 19.1. The highest BCUT2D eigenvalue weighted by Crippen LogP contribution is 2.42. The fraction of sp³-hybridized carbons (Fsp3) is 0.304. The summed E-state index contributed by atoms with van der Waals surface area (Å²) in [6.45, 7) is 19.0. The van der Waals surface area contributed by atoms with Crippen LogP contribution in [-0.2, 0) is 33.0 Å². The molecule has 0 fully saturated rings. The van der Waals surface area contributed by atoms with Gasteiger partial charge in [0, 0.05) is 22.5 Å². The molecule has 510 valence electrons. The number of nitrogens with one attached hydrogen (secondary N) is 7. The van der Waals surface area contributed by atoms with Crippen molar-refractivity contribution < 1.29 is 27.9 Å². The number of ether oxygens (including phenoxy) is 3. The topological polar surface area (TPSA) is 270 Å². The maximum atomic E-state index is 12.7. The average Bonchev–Trinajstić information content (AvgIpc) is 0.831. The van der Waals surface area contributed by atoms with Gasteiger partial charge in [0.05, 0.1) is 74.0 Å². The molecule has 0 amide bonds. The maximum absolute atomic E-state index is 12.7. The van der Waals surface area contributed by atoms with Crippen LogP contribution in [0.4, 0.5) is 69.4 Å². The Kier molecular flexibility index (Phi) is 27.1. The molecule has 27 heteroatoms. The number of halogens is 3. The molecule has 0 aliphatic rings. The first-order valence-electron chi connectivity index (χ1n) is 30.7. The molecule has 9 N–H and O–H groups in total. The Morgan fingerprint density at radius 3 is 1.03 bits per heavy atom. The van der Waals surface area contributed by atoms with Crippen LogP contribution >= 0.6 is 56.2 Å². The van der Waals surface area contributed by atoms with Crippen LogP contribution in [0.15, 0.2) is 128 Å². The predicted molar refractivity (Wildman–Crippen MR) is 403 cm³/mol. The molecule has 96 heavy (non-hydrogen) atoms. The lowest BCUT2D eigenvalue weighted by Gasteiger charge is -2.17. The van der Waals surface area contributed by atoms with E-state index < -0.39 is 21.4 Å². The van der Waals surface area contributed by atoms with E-state index in [0.29, 0.717) is 91.2 Å². The van der Waals surface area contributed by atoms with Crippen LogP contribution in [0.25, 0.3) is 0 Å². The zero-order valence-corrected chi connectivity index (χ0v) is 62.0. The van der Waals surface area contributed by atoms with E-state index in [4.69, 9.17) is 54.7 Å². The quantitative estimate of drug-likeness (QED) is 0.0234. The van der Waals surface area contributed by atoms with Crippen molar-refractivity contribution in [3.05, 3.63) is 176 Å². The third kappa shape index (κ3) is 21.1. The van der Waals surface area contributed by atoms with Crippen LogP contribution in [0.5, 0.6) is 17.2 Å². The number of aromatic nitrogens is 6. The molecule has 9 aromatic rings. The molecule has 21 nitrogen and oxygen atoms in total. The summed E-state index contributed by atoms with van der Waals surface area (Å²) in [5.74, 6) is 4.44. The van der Waals surface area contributed by atoms with Gasteiger partial charge in [0.15, 0.2) is 17.5 Å². The Bertz CT molecular complexity index is 4320. The maximum Gasteiger partial charge on any atom is 0.229 e. The Morgan fingerprint density at radius 1 is 0.448 bits per heavy atom. The highest BCUT2D eigenvalue weighted by atomic mass is 35.5. The molecule has 0 saturated heterocycles. The number of benzene rings is 6. The highest BCUT2D eigenvalue weighted by Gasteiger charge is 2.22. The first-order chi connectivity index (χ1) is 45.5. The lowest BCUT2D eigenvalue weighted by Crippen LogP contribution is -2.15. The normalized spacial score (nSPS) is 11.4. The van der Waals surface area contributed by atoms with Crippen molar-refractivity contribution in [2.45, 2.75) is 40.0 Å². The van der Waals surface area contributed by atoms with Gasteiger partial charge in [0.25, 0.3) is 0 Å². The molecule has 3 aromatic heterocycles. The van der Waals surface area contributed by atoms with E-state index >= 15 is 0 Å². The molecule has 0 atom stereocenters. The Labute approximate surface area is 579 Å². The van der Waals surface area contributed by atoms with E-state index in [0.717, 1.165) is 87.6 Å². The summed E-state index contributed by atoms with van der Waals surface area (Å²) in [7, 11) is 3.48. The van der Waals surface area contributed by atoms with E-state index in [1.165, 1.54) is 29.7 Å². The second-order valence-electron chi connectivity index (χ2n) is 23.9. The fourth-order valence-electron chi connectivity index (χ4n) is 9.99. The number of nitrogens with two attached hydrogens (primary N) is 1. The lowest BCUT2D eigenvalue weighted by molar-refractivity contribution is 0.407. The fourth-order valence-corrected chi connectivity index (χ4v) is 13.9. The number of methoxy groups -OCH3 is 3. The molecule has 0 aliphatic heterocycles. The minimum atomic E-state index is -2.49. The van der Waals surface area contributed by atoms with Gasteiger partial charge in [-0.2, -0.15) is 15.0 Å². The van der Waals surface area contributed by atoms with Gasteiger partial charge < -0.3 is 75.8 Å². The highest BCUT2D eigenvalue weighted by molar-refractivity contribution is 7.71. The third-order valence-corrected chi connectivity index (χ3v) is 20.5. The molecule has 0 unspecified atom stereocenters. The Balaban J connectivity index is 0.000000203. The van der Waals surface area contributed by atoms with Gasteiger partial charge in [0.1, 0.15) is 53.7 Å². The number of rotatable bonds is 26. The number of hydrogen-bond acceptors (Lipinski definition) is 21. The van der Waals surface area contributed by atoms with Crippen molar-refractivity contribution in [1.82, 2.24) is 40.1 Å². The van der Waals surface area contributed by atoms with Crippen molar-refractivity contribution in [3.63, 3.8) is 0 Å². The van der Waals surface area contributed by atoms with Crippen molar-refractivity contribution >= 4 is 142 Å². The molecule has 9 rings (SSSR count). The van der Waals surface area contributed by atoms with Crippen LogP contribution in [0, 0.1) is 20.8 Å². The van der Waals surface area contributed by atoms with E-state index in [9.17, 15) is 13.7 Å². The molecular formula is C69H87Cl3N15O6P3. The van der Waals surface area contributed by atoms with Crippen LogP contribution in [0.3, 0.4) is 0 Å². The zero-order valence-electron chi connectivity index (χ0n) is 57.0. The first kappa shape index (κ1) is 75.6. The molecule has 0 radical (unpaired) electrons. The van der Waals surface area contributed by atoms with Crippen LogP contribution < -0.4 is 73.1 Å². The number of hydrogen-bond donors (Lipinski definition) is 8. The van der Waals surface area contributed by atoms with Crippen molar-refractivity contribution in [1.29, 1.82) is 0 Å². The second kappa shape index (κ2) is 34.4. The number of nitrogens with zero attached hydrogens (tertiary/aromatic N) is 7. The number of anilines is 12. The Morgan fingerprint density at radius 2 is 0.750 bits per heavy atom. The molecule has 0 bridgehead atoms. The minimum absolute atomic E-state index is 0.351. The average molecular weight is 1420 g/mol. The second-order valence-corrected chi connectivity index (χ2v) is 34.7. The minimum Gasteiger partial charge on any atom is -0.495 e. The summed E-state index contributed by atoms with van der Waals surface area (Å²) in [6, 6.07) is 34.4.